The van der Waals surface area contributed by atoms with Crippen LogP contribution in [0.5, 0.6) is 0 Å². The second-order valence-corrected chi connectivity index (χ2v) is 16.4. The second kappa shape index (κ2) is 8.49. The van der Waals surface area contributed by atoms with Crippen LogP contribution in [-0.2, 0) is 4.74 Å². The van der Waals surface area contributed by atoms with E-state index >= 15 is 0 Å². The molecule has 0 atom stereocenters. The topological polar surface area (TPSA) is 9.23 Å². The van der Waals surface area contributed by atoms with Gasteiger partial charge in [0.15, 0.2) is 0 Å². The summed E-state index contributed by atoms with van der Waals surface area (Å²) in [4.78, 5) is 0. The lowest BCUT2D eigenvalue weighted by molar-refractivity contribution is 0.214. The minimum Gasteiger partial charge on any atom is -0.388 e. The van der Waals surface area contributed by atoms with Gasteiger partial charge < -0.3 is 4.74 Å². The fraction of sp³-hybridized carbons (Fsp3) is 1.00. The van der Waals surface area contributed by atoms with Crippen LogP contribution >= 0.6 is 0 Å². The predicted molar refractivity (Wildman–Crippen MR) is 85.2 cm³/mol. The van der Waals surface area contributed by atoms with Gasteiger partial charge in [0.2, 0.25) is 0 Å². The van der Waals surface area contributed by atoms with Crippen LogP contribution in [0.4, 0.5) is 0 Å². The van der Waals surface area contributed by atoms with Crippen molar-refractivity contribution >= 4 is 16.1 Å². The van der Waals surface area contributed by atoms with Gasteiger partial charge in [0.25, 0.3) is 0 Å². The molecule has 104 valence electrons. The Bertz CT molecular complexity index is 150. The Morgan fingerprint density at radius 1 is 0.529 bits per heavy atom. The summed E-state index contributed by atoms with van der Waals surface area (Å²) in [7, 11) is -2.11. The predicted octanol–water partition coefficient (Wildman–Crippen LogP) is 5.10. The SMILES string of the molecule is CC[Si](CC)(CC)COC[Si](CC)(CC)CC. The highest BCUT2D eigenvalue weighted by Crippen LogP contribution is 2.24. The summed E-state index contributed by atoms with van der Waals surface area (Å²) >= 11 is 0. The van der Waals surface area contributed by atoms with Crippen molar-refractivity contribution in [1.29, 1.82) is 0 Å². The van der Waals surface area contributed by atoms with Gasteiger partial charge in [-0.3, -0.25) is 0 Å². The van der Waals surface area contributed by atoms with Crippen LogP contribution < -0.4 is 0 Å². The molecule has 0 aliphatic carbocycles. The van der Waals surface area contributed by atoms with Gasteiger partial charge in [0, 0.05) is 12.5 Å². The van der Waals surface area contributed by atoms with Crippen molar-refractivity contribution in [2.45, 2.75) is 77.8 Å². The first-order valence-corrected chi connectivity index (χ1v) is 13.3. The molecule has 0 aromatic rings. The molecule has 0 rings (SSSR count). The summed E-state index contributed by atoms with van der Waals surface area (Å²) < 4.78 is 6.23. The van der Waals surface area contributed by atoms with Crippen LogP contribution in [0.25, 0.3) is 0 Å². The van der Waals surface area contributed by atoms with Crippen molar-refractivity contribution < 1.29 is 4.74 Å². The third-order valence-electron chi connectivity index (χ3n) is 5.32. The molecule has 0 unspecified atom stereocenters. The monoisotopic (exact) mass is 274 g/mol. The zero-order valence-electron chi connectivity index (χ0n) is 13.1. The van der Waals surface area contributed by atoms with E-state index in [1.807, 2.05) is 0 Å². The van der Waals surface area contributed by atoms with E-state index in [9.17, 15) is 0 Å². The van der Waals surface area contributed by atoms with Crippen molar-refractivity contribution in [3.05, 3.63) is 0 Å². The van der Waals surface area contributed by atoms with Gasteiger partial charge in [0.1, 0.15) is 0 Å². The van der Waals surface area contributed by atoms with Gasteiger partial charge in [-0.05, 0) is 0 Å². The third-order valence-corrected chi connectivity index (χ3v) is 15.9. The van der Waals surface area contributed by atoms with Gasteiger partial charge in [-0.2, -0.15) is 0 Å². The summed E-state index contributed by atoms with van der Waals surface area (Å²) in [6.45, 7) is 14.2. The molecule has 0 radical (unpaired) electrons. The Hall–Kier alpha value is 0.394. The summed E-state index contributed by atoms with van der Waals surface area (Å²) in [6, 6.07) is 8.33. The van der Waals surface area contributed by atoms with Gasteiger partial charge in [-0.15, -0.1) is 0 Å². The largest absolute Gasteiger partial charge is 0.388 e. The molecule has 0 heterocycles. The van der Waals surface area contributed by atoms with E-state index in [4.69, 9.17) is 4.74 Å². The smallest absolute Gasteiger partial charge is 0.0829 e. The molecule has 0 fully saturated rings. The van der Waals surface area contributed by atoms with Crippen molar-refractivity contribution in [3.8, 4) is 0 Å². The van der Waals surface area contributed by atoms with Crippen LogP contribution in [0, 0.1) is 0 Å². The molecule has 0 spiro atoms. The zero-order chi connectivity index (χ0) is 13.4. The lowest BCUT2D eigenvalue weighted by atomic mass is 10.9. The van der Waals surface area contributed by atoms with Crippen molar-refractivity contribution in [1.82, 2.24) is 0 Å². The molecule has 0 aliphatic rings. The maximum atomic E-state index is 6.23. The van der Waals surface area contributed by atoms with Crippen LogP contribution in [-0.4, -0.2) is 28.6 Å². The highest BCUT2D eigenvalue weighted by molar-refractivity contribution is 6.80. The van der Waals surface area contributed by atoms with Crippen molar-refractivity contribution in [2.75, 3.05) is 12.5 Å². The lowest BCUT2D eigenvalue weighted by Crippen LogP contribution is -2.43. The highest BCUT2D eigenvalue weighted by Gasteiger charge is 2.31. The summed E-state index contributed by atoms with van der Waals surface area (Å²) in [5.74, 6) is 0. The van der Waals surface area contributed by atoms with Crippen LogP contribution in [0.1, 0.15) is 41.5 Å². The van der Waals surface area contributed by atoms with E-state index in [0.717, 1.165) is 12.5 Å². The molecule has 0 saturated carbocycles. The van der Waals surface area contributed by atoms with Crippen LogP contribution in [0.15, 0.2) is 0 Å². The Labute approximate surface area is 111 Å². The molecule has 3 heteroatoms. The Kier molecular flexibility index (Phi) is 8.68. The normalized spacial score (nSPS) is 13.1. The summed E-state index contributed by atoms with van der Waals surface area (Å²) in [5, 5.41) is 0. The first-order chi connectivity index (χ1) is 8.07. The molecule has 1 nitrogen and oxygen atoms in total. The number of rotatable bonds is 10. The van der Waals surface area contributed by atoms with E-state index in [1.54, 1.807) is 0 Å². The van der Waals surface area contributed by atoms with Crippen LogP contribution in [0.2, 0.25) is 36.3 Å². The van der Waals surface area contributed by atoms with E-state index in [1.165, 1.54) is 36.3 Å². The number of hydrogen-bond acceptors (Lipinski definition) is 1. The fourth-order valence-electron chi connectivity index (χ4n) is 2.60. The first-order valence-electron chi connectivity index (χ1n) is 7.65. The Balaban J connectivity index is 4.28. The molecular weight excluding hydrogens is 240 g/mol. The number of ether oxygens (including phenoxy) is 1. The average molecular weight is 275 g/mol. The molecule has 0 aromatic carbocycles. The maximum Gasteiger partial charge on any atom is 0.0829 e. The standard InChI is InChI=1S/C14H34OSi2/c1-7-16(8-2,9-3)13-15-14-17(10-4,11-5)12-6/h7-14H2,1-6H3. The quantitative estimate of drug-likeness (QED) is 0.504. The lowest BCUT2D eigenvalue weighted by Gasteiger charge is -2.32. The van der Waals surface area contributed by atoms with E-state index in [2.05, 4.69) is 41.5 Å². The minimum atomic E-state index is -1.06. The van der Waals surface area contributed by atoms with Gasteiger partial charge >= 0.3 is 0 Å². The Morgan fingerprint density at radius 3 is 0.941 bits per heavy atom. The molecular formula is C14H34OSi2. The molecule has 0 amide bonds. The fourth-order valence-corrected chi connectivity index (χ4v) is 8.10. The molecule has 0 N–H and O–H groups in total. The van der Waals surface area contributed by atoms with Crippen LogP contribution in [0.3, 0.4) is 0 Å². The van der Waals surface area contributed by atoms with Crippen molar-refractivity contribution in [3.63, 3.8) is 0 Å². The molecule has 0 saturated heterocycles. The van der Waals surface area contributed by atoms with Gasteiger partial charge in [-0.25, -0.2) is 0 Å². The van der Waals surface area contributed by atoms with Crippen molar-refractivity contribution in [2.24, 2.45) is 0 Å². The van der Waals surface area contributed by atoms with E-state index in [0.29, 0.717) is 0 Å². The zero-order valence-corrected chi connectivity index (χ0v) is 15.1. The summed E-state index contributed by atoms with van der Waals surface area (Å²) in [5.41, 5.74) is 0. The highest BCUT2D eigenvalue weighted by atomic mass is 28.3. The van der Waals surface area contributed by atoms with E-state index in [-0.39, 0.29) is 0 Å². The third kappa shape index (κ3) is 4.88. The molecule has 17 heavy (non-hydrogen) atoms. The van der Waals surface area contributed by atoms with E-state index < -0.39 is 16.1 Å². The van der Waals surface area contributed by atoms with Gasteiger partial charge in [-0.1, -0.05) is 77.8 Å². The second-order valence-electron chi connectivity index (χ2n) is 5.61. The minimum absolute atomic E-state index is 1.06. The first kappa shape index (κ1) is 17.4. The average Bonchev–Trinajstić information content (AvgIpc) is 2.41. The molecule has 0 bridgehead atoms. The molecule has 0 aliphatic heterocycles. The maximum absolute atomic E-state index is 6.23. The summed E-state index contributed by atoms with van der Waals surface area (Å²) in [6.07, 6.45) is 2.23. The Morgan fingerprint density at radius 2 is 0.765 bits per heavy atom. The van der Waals surface area contributed by atoms with Gasteiger partial charge in [0.05, 0.1) is 16.1 Å². The number of hydrogen-bond donors (Lipinski definition) is 0. The molecule has 0 aromatic heterocycles.